The topological polar surface area (TPSA) is 54.4 Å². The van der Waals surface area contributed by atoms with Gasteiger partial charge in [-0.15, -0.1) is 0 Å². The van der Waals surface area contributed by atoms with Gasteiger partial charge in [0.1, 0.15) is 0 Å². The van der Waals surface area contributed by atoms with E-state index in [-0.39, 0.29) is 22.8 Å². The van der Waals surface area contributed by atoms with Crippen molar-refractivity contribution in [3.63, 3.8) is 0 Å². The third kappa shape index (κ3) is 3.22. The van der Waals surface area contributed by atoms with Gasteiger partial charge in [0.2, 0.25) is 0 Å². The minimum Gasteiger partial charge on any atom is -0.481 e. The summed E-state index contributed by atoms with van der Waals surface area (Å²) in [7, 11) is 0. The molecular weight excluding hydrogens is 251 g/mol. The molecule has 0 amide bonds. The number of carboxylic acid groups (broad SMARTS) is 1. The van der Waals surface area contributed by atoms with E-state index >= 15 is 0 Å². The third-order valence-electron chi connectivity index (χ3n) is 2.14. The first-order chi connectivity index (χ1) is 7.41. The fraction of sp³-hybridized carbons (Fsp3) is 0.273. The molecule has 0 radical (unpaired) electrons. The van der Waals surface area contributed by atoms with E-state index in [1.807, 2.05) is 0 Å². The highest BCUT2D eigenvalue weighted by molar-refractivity contribution is 6.35. The standard InChI is InChI=1S/C11H10Cl2O3/c1-6(11(15)16)4-10(14)8-5-7(12)2-3-9(8)13/h2-3,5-6H,4H2,1H3,(H,15,16). The highest BCUT2D eigenvalue weighted by Crippen LogP contribution is 2.23. The van der Waals surface area contributed by atoms with Crippen molar-refractivity contribution >= 4 is 35.0 Å². The molecule has 0 aliphatic heterocycles. The molecule has 0 bridgehead atoms. The molecule has 3 nitrogen and oxygen atoms in total. The molecule has 16 heavy (non-hydrogen) atoms. The van der Waals surface area contributed by atoms with Crippen LogP contribution in [0, 0.1) is 5.92 Å². The summed E-state index contributed by atoms with van der Waals surface area (Å²) in [6, 6.07) is 4.53. The Morgan fingerprint density at radius 3 is 2.56 bits per heavy atom. The molecular formula is C11H10Cl2O3. The van der Waals surface area contributed by atoms with Gasteiger partial charge in [-0.05, 0) is 18.2 Å². The van der Waals surface area contributed by atoms with Crippen molar-refractivity contribution in [1.82, 2.24) is 0 Å². The number of ketones is 1. The van der Waals surface area contributed by atoms with E-state index in [0.717, 1.165) is 0 Å². The fourth-order valence-corrected chi connectivity index (χ4v) is 1.58. The molecule has 1 N–H and O–H groups in total. The Hall–Kier alpha value is -1.06. The highest BCUT2D eigenvalue weighted by atomic mass is 35.5. The van der Waals surface area contributed by atoms with Crippen molar-refractivity contribution in [3.05, 3.63) is 33.8 Å². The number of halogens is 2. The van der Waals surface area contributed by atoms with Crippen LogP contribution < -0.4 is 0 Å². The molecule has 0 aromatic heterocycles. The fourth-order valence-electron chi connectivity index (χ4n) is 1.19. The Balaban J connectivity index is 2.88. The van der Waals surface area contributed by atoms with Crippen molar-refractivity contribution < 1.29 is 14.7 Å². The number of Topliss-reactive ketones (excluding diaryl/α,β-unsaturated/α-hetero) is 1. The van der Waals surface area contributed by atoms with Crippen LogP contribution in [0.1, 0.15) is 23.7 Å². The lowest BCUT2D eigenvalue weighted by atomic mass is 10.00. The molecule has 0 aliphatic carbocycles. The molecule has 1 atom stereocenters. The van der Waals surface area contributed by atoms with Gasteiger partial charge >= 0.3 is 5.97 Å². The second-order valence-corrected chi connectivity index (χ2v) is 4.33. The molecule has 0 heterocycles. The van der Waals surface area contributed by atoms with Crippen LogP contribution in [0.5, 0.6) is 0 Å². The van der Waals surface area contributed by atoms with E-state index in [0.29, 0.717) is 5.02 Å². The lowest BCUT2D eigenvalue weighted by Crippen LogP contribution is -2.15. The molecule has 0 spiro atoms. The zero-order valence-corrected chi connectivity index (χ0v) is 10.0. The monoisotopic (exact) mass is 260 g/mol. The number of hydrogen-bond donors (Lipinski definition) is 1. The van der Waals surface area contributed by atoms with E-state index in [1.165, 1.54) is 19.1 Å². The maximum absolute atomic E-state index is 11.7. The van der Waals surface area contributed by atoms with Crippen LogP contribution in [-0.2, 0) is 4.79 Å². The van der Waals surface area contributed by atoms with Crippen molar-refractivity contribution in [2.45, 2.75) is 13.3 Å². The van der Waals surface area contributed by atoms with Crippen molar-refractivity contribution in [1.29, 1.82) is 0 Å². The summed E-state index contributed by atoms with van der Waals surface area (Å²) in [4.78, 5) is 22.3. The van der Waals surface area contributed by atoms with Gasteiger partial charge in [0.05, 0.1) is 10.9 Å². The Kier molecular flexibility index (Phi) is 4.33. The normalized spacial score (nSPS) is 12.2. The van der Waals surface area contributed by atoms with Crippen LogP contribution in [0.4, 0.5) is 0 Å². The SMILES string of the molecule is CC(CC(=O)c1cc(Cl)ccc1Cl)C(=O)O. The number of rotatable bonds is 4. The third-order valence-corrected chi connectivity index (χ3v) is 2.71. The number of carbonyl (C=O) groups is 2. The average molecular weight is 261 g/mol. The summed E-state index contributed by atoms with van der Waals surface area (Å²) >= 11 is 11.6. The summed E-state index contributed by atoms with van der Waals surface area (Å²) in [5, 5.41) is 9.37. The summed E-state index contributed by atoms with van der Waals surface area (Å²) in [5.74, 6) is -2.06. The molecule has 0 saturated carbocycles. The molecule has 1 aromatic rings. The van der Waals surface area contributed by atoms with E-state index < -0.39 is 11.9 Å². The number of benzene rings is 1. The molecule has 0 fully saturated rings. The van der Waals surface area contributed by atoms with E-state index in [1.54, 1.807) is 6.07 Å². The highest BCUT2D eigenvalue weighted by Gasteiger charge is 2.18. The van der Waals surface area contributed by atoms with Gasteiger partial charge in [-0.3, -0.25) is 9.59 Å². The lowest BCUT2D eigenvalue weighted by Gasteiger charge is -2.07. The van der Waals surface area contributed by atoms with E-state index in [2.05, 4.69) is 0 Å². The molecule has 0 aliphatic rings. The lowest BCUT2D eigenvalue weighted by molar-refractivity contribution is -0.141. The number of carboxylic acids is 1. The number of carbonyl (C=O) groups excluding carboxylic acids is 1. The number of aliphatic carboxylic acids is 1. The first-order valence-electron chi connectivity index (χ1n) is 4.63. The van der Waals surface area contributed by atoms with Gasteiger partial charge in [-0.2, -0.15) is 0 Å². The van der Waals surface area contributed by atoms with Gasteiger partial charge in [-0.1, -0.05) is 30.1 Å². The van der Waals surface area contributed by atoms with Crippen molar-refractivity contribution in [2.75, 3.05) is 0 Å². The van der Waals surface area contributed by atoms with E-state index in [4.69, 9.17) is 28.3 Å². The Labute approximate surface area is 103 Å². The summed E-state index contributed by atoms with van der Waals surface area (Å²) in [6.07, 6.45) is -0.0879. The van der Waals surface area contributed by atoms with E-state index in [9.17, 15) is 9.59 Å². The Morgan fingerprint density at radius 1 is 1.38 bits per heavy atom. The quantitative estimate of drug-likeness (QED) is 0.846. The van der Waals surface area contributed by atoms with Gasteiger partial charge in [0.25, 0.3) is 0 Å². The van der Waals surface area contributed by atoms with Crippen LogP contribution >= 0.6 is 23.2 Å². The molecule has 5 heteroatoms. The summed E-state index contributed by atoms with van der Waals surface area (Å²) < 4.78 is 0. The average Bonchev–Trinajstić information content (AvgIpc) is 2.21. The van der Waals surface area contributed by atoms with Gasteiger partial charge in [-0.25, -0.2) is 0 Å². The second kappa shape index (κ2) is 5.32. The maximum Gasteiger partial charge on any atom is 0.306 e. The molecule has 1 aromatic carbocycles. The zero-order valence-electron chi connectivity index (χ0n) is 8.54. The molecule has 1 rings (SSSR count). The predicted octanol–water partition coefficient (Wildman–Crippen LogP) is 3.29. The zero-order chi connectivity index (χ0) is 12.3. The van der Waals surface area contributed by atoms with Crippen LogP contribution in [0.25, 0.3) is 0 Å². The molecule has 86 valence electrons. The Bertz CT molecular complexity index is 429. The first kappa shape index (κ1) is 13.0. The minimum absolute atomic E-state index is 0.0879. The smallest absolute Gasteiger partial charge is 0.306 e. The predicted molar refractivity (Wildman–Crippen MR) is 62.2 cm³/mol. The number of hydrogen-bond acceptors (Lipinski definition) is 2. The summed E-state index contributed by atoms with van der Waals surface area (Å²) in [5.41, 5.74) is 0.266. The Morgan fingerprint density at radius 2 is 2.00 bits per heavy atom. The largest absolute Gasteiger partial charge is 0.481 e. The van der Waals surface area contributed by atoms with Crippen LogP contribution in [-0.4, -0.2) is 16.9 Å². The first-order valence-corrected chi connectivity index (χ1v) is 5.38. The minimum atomic E-state index is -1.01. The van der Waals surface area contributed by atoms with Gasteiger partial charge in [0.15, 0.2) is 5.78 Å². The van der Waals surface area contributed by atoms with Gasteiger partial charge < -0.3 is 5.11 Å². The van der Waals surface area contributed by atoms with Crippen molar-refractivity contribution in [2.24, 2.45) is 5.92 Å². The van der Waals surface area contributed by atoms with Crippen LogP contribution in [0.2, 0.25) is 10.0 Å². The molecule has 0 saturated heterocycles. The maximum atomic E-state index is 11.7. The van der Waals surface area contributed by atoms with Gasteiger partial charge in [0, 0.05) is 17.0 Å². The van der Waals surface area contributed by atoms with Crippen LogP contribution in [0.3, 0.4) is 0 Å². The van der Waals surface area contributed by atoms with Crippen molar-refractivity contribution in [3.8, 4) is 0 Å². The van der Waals surface area contributed by atoms with Crippen LogP contribution in [0.15, 0.2) is 18.2 Å². The molecule has 1 unspecified atom stereocenters. The second-order valence-electron chi connectivity index (χ2n) is 3.49. The summed E-state index contributed by atoms with van der Waals surface area (Å²) in [6.45, 7) is 1.47.